The highest BCUT2D eigenvalue weighted by Crippen LogP contribution is 2.06. The summed E-state index contributed by atoms with van der Waals surface area (Å²) < 4.78 is 5.23. The zero-order valence-electron chi connectivity index (χ0n) is 11.7. The van der Waals surface area contributed by atoms with Crippen molar-refractivity contribution >= 4 is 0 Å². The molecule has 0 radical (unpaired) electrons. The van der Waals surface area contributed by atoms with Crippen molar-refractivity contribution in [2.45, 2.75) is 12.8 Å². The van der Waals surface area contributed by atoms with Gasteiger partial charge < -0.3 is 16.2 Å². The maximum Gasteiger partial charge on any atom is 0.119 e. The van der Waals surface area contributed by atoms with Crippen LogP contribution in [0.25, 0.3) is 0 Å². The number of pyridine rings is 1. The summed E-state index contributed by atoms with van der Waals surface area (Å²) in [5, 5.41) is 0. The van der Waals surface area contributed by atoms with Gasteiger partial charge in [-0.05, 0) is 43.1 Å². The van der Waals surface area contributed by atoms with Crippen molar-refractivity contribution in [2.24, 2.45) is 11.5 Å². The lowest BCUT2D eigenvalue weighted by molar-refractivity contribution is 0.328. The number of aromatic nitrogens is 1. The highest BCUT2D eigenvalue weighted by molar-refractivity contribution is 5.20. The van der Waals surface area contributed by atoms with E-state index in [9.17, 15) is 0 Å². The van der Waals surface area contributed by atoms with Crippen LogP contribution >= 0.6 is 0 Å². The monoisotopic (exact) mass is 273 g/mol. The molecule has 108 valence electrons. The van der Waals surface area contributed by atoms with Gasteiger partial charge in [-0.15, -0.1) is 0 Å². The number of hydrogen-bond acceptors (Lipinski definition) is 4. The fraction of sp³-hybridized carbons (Fsp3) is 0.312. The molecular formula is C16H23N3O. The summed E-state index contributed by atoms with van der Waals surface area (Å²) in [6, 6.07) is 13.7. The van der Waals surface area contributed by atoms with Gasteiger partial charge in [-0.3, -0.25) is 4.98 Å². The topological polar surface area (TPSA) is 74.2 Å². The van der Waals surface area contributed by atoms with Gasteiger partial charge >= 0.3 is 0 Å². The van der Waals surface area contributed by atoms with Crippen LogP contribution in [0.15, 0.2) is 54.9 Å². The van der Waals surface area contributed by atoms with Crippen LogP contribution in [-0.4, -0.2) is 24.7 Å². The van der Waals surface area contributed by atoms with Crippen molar-refractivity contribution in [3.63, 3.8) is 0 Å². The predicted octanol–water partition coefficient (Wildman–Crippen LogP) is 2.00. The Balaban J connectivity index is 0.000000200. The predicted molar refractivity (Wildman–Crippen MR) is 82.6 cm³/mol. The molecule has 4 nitrogen and oxygen atoms in total. The second-order valence-corrected chi connectivity index (χ2v) is 4.20. The molecule has 4 N–H and O–H groups in total. The minimum absolute atomic E-state index is 0.564. The van der Waals surface area contributed by atoms with E-state index in [0.29, 0.717) is 13.2 Å². The SMILES string of the molecule is NCCCc1cccnc1.NCCOc1ccccc1. The first kappa shape index (κ1) is 16.1. The summed E-state index contributed by atoms with van der Waals surface area (Å²) in [5.74, 6) is 0.882. The van der Waals surface area contributed by atoms with Gasteiger partial charge in [0.05, 0.1) is 0 Å². The molecule has 0 amide bonds. The standard InChI is InChI=1S/C8H12N2.C8H11NO/c9-5-1-3-8-4-2-6-10-7-8;9-6-7-10-8-4-2-1-3-5-8/h2,4,6-7H,1,3,5,9H2;1-5H,6-7,9H2. The third-order valence-electron chi connectivity index (χ3n) is 2.52. The molecule has 0 unspecified atom stereocenters. The summed E-state index contributed by atoms with van der Waals surface area (Å²) in [4.78, 5) is 4.00. The van der Waals surface area contributed by atoms with Crippen molar-refractivity contribution in [1.29, 1.82) is 0 Å². The Morgan fingerprint density at radius 2 is 1.75 bits per heavy atom. The average molecular weight is 273 g/mol. The van der Waals surface area contributed by atoms with Crippen LogP contribution in [0.2, 0.25) is 0 Å². The van der Waals surface area contributed by atoms with Gasteiger partial charge in [0.15, 0.2) is 0 Å². The smallest absolute Gasteiger partial charge is 0.119 e. The number of rotatable bonds is 6. The highest BCUT2D eigenvalue weighted by atomic mass is 16.5. The second-order valence-electron chi connectivity index (χ2n) is 4.20. The highest BCUT2D eigenvalue weighted by Gasteiger charge is 1.88. The van der Waals surface area contributed by atoms with Crippen LogP contribution in [0, 0.1) is 0 Å². The quantitative estimate of drug-likeness (QED) is 0.844. The van der Waals surface area contributed by atoms with Crippen molar-refractivity contribution in [2.75, 3.05) is 19.7 Å². The Hall–Kier alpha value is -1.91. The normalized spacial score (nSPS) is 9.50. The molecule has 2 aromatic rings. The fourth-order valence-corrected chi connectivity index (χ4v) is 1.55. The number of nitrogens with zero attached hydrogens (tertiary/aromatic N) is 1. The second kappa shape index (κ2) is 11.0. The third-order valence-corrected chi connectivity index (χ3v) is 2.52. The van der Waals surface area contributed by atoms with Crippen LogP contribution in [0.3, 0.4) is 0 Å². The van der Waals surface area contributed by atoms with Gasteiger partial charge in [0.1, 0.15) is 12.4 Å². The molecule has 0 saturated heterocycles. The first-order chi connectivity index (χ1) is 9.86. The number of para-hydroxylation sites is 1. The molecular weight excluding hydrogens is 250 g/mol. The molecule has 1 heterocycles. The number of nitrogens with two attached hydrogens (primary N) is 2. The van der Waals surface area contributed by atoms with E-state index >= 15 is 0 Å². The molecule has 0 aliphatic rings. The molecule has 1 aromatic heterocycles. The molecule has 0 bridgehead atoms. The van der Waals surface area contributed by atoms with Crippen molar-refractivity contribution in [3.05, 3.63) is 60.4 Å². The molecule has 20 heavy (non-hydrogen) atoms. The average Bonchev–Trinajstić information content (AvgIpc) is 2.53. The molecule has 0 fully saturated rings. The molecule has 0 atom stereocenters. The molecule has 1 aromatic carbocycles. The maximum absolute atomic E-state index is 5.36. The molecule has 0 aliphatic carbocycles. The molecule has 2 rings (SSSR count). The van der Waals surface area contributed by atoms with E-state index in [2.05, 4.69) is 11.1 Å². The fourth-order valence-electron chi connectivity index (χ4n) is 1.55. The van der Waals surface area contributed by atoms with Gasteiger partial charge in [-0.2, -0.15) is 0 Å². The van der Waals surface area contributed by atoms with Gasteiger partial charge in [0, 0.05) is 18.9 Å². The number of hydrogen-bond donors (Lipinski definition) is 2. The Labute approximate surface area is 120 Å². The van der Waals surface area contributed by atoms with E-state index in [1.54, 1.807) is 6.20 Å². The van der Waals surface area contributed by atoms with E-state index in [-0.39, 0.29) is 0 Å². The Morgan fingerprint density at radius 3 is 2.35 bits per heavy atom. The third kappa shape index (κ3) is 7.51. The molecule has 4 heteroatoms. The number of aryl methyl sites for hydroxylation is 1. The Bertz CT molecular complexity index is 390. The zero-order valence-corrected chi connectivity index (χ0v) is 11.7. The lowest BCUT2D eigenvalue weighted by atomic mass is 10.2. The van der Waals surface area contributed by atoms with E-state index in [1.807, 2.05) is 42.6 Å². The van der Waals surface area contributed by atoms with E-state index < -0.39 is 0 Å². The van der Waals surface area contributed by atoms with Crippen LogP contribution in [0.4, 0.5) is 0 Å². The van der Waals surface area contributed by atoms with E-state index in [0.717, 1.165) is 25.1 Å². The summed E-state index contributed by atoms with van der Waals surface area (Å²) in [7, 11) is 0. The number of ether oxygens (including phenoxy) is 1. The largest absolute Gasteiger partial charge is 0.492 e. The lowest BCUT2D eigenvalue weighted by Crippen LogP contribution is -2.10. The molecule has 0 spiro atoms. The first-order valence-corrected chi connectivity index (χ1v) is 6.83. The number of benzene rings is 1. The van der Waals surface area contributed by atoms with Crippen LogP contribution in [0.5, 0.6) is 5.75 Å². The maximum atomic E-state index is 5.36. The summed E-state index contributed by atoms with van der Waals surface area (Å²) in [6.45, 7) is 1.91. The minimum Gasteiger partial charge on any atom is -0.492 e. The Kier molecular flexibility index (Phi) is 8.85. The summed E-state index contributed by atoms with van der Waals surface area (Å²) in [5.41, 5.74) is 11.9. The van der Waals surface area contributed by atoms with Crippen molar-refractivity contribution < 1.29 is 4.74 Å². The first-order valence-electron chi connectivity index (χ1n) is 6.83. The van der Waals surface area contributed by atoms with Crippen molar-refractivity contribution in [1.82, 2.24) is 4.98 Å². The van der Waals surface area contributed by atoms with Gasteiger partial charge in [-0.25, -0.2) is 0 Å². The minimum atomic E-state index is 0.564. The summed E-state index contributed by atoms with van der Waals surface area (Å²) >= 11 is 0. The van der Waals surface area contributed by atoms with E-state index in [1.165, 1.54) is 5.56 Å². The van der Waals surface area contributed by atoms with Crippen LogP contribution in [0.1, 0.15) is 12.0 Å². The summed E-state index contributed by atoms with van der Waals surface area (Å²) in [6.07, 6.45) is 5.76. The van der Waals surface area contributed by atoms with Crippen LogP contribution < -0.4 is 16.2 Å². The van der Waals surface area contributed by atoms with Crippen LogP contribution in [-0.2, 0) is 6.42 Å². The lowest BCUT2D eigenvalue weighted by Gasteiger charge is -2.01. The Morgan fingerprint density at radius 1 is 0.950 bits per heavy atom. The van der Waals surface area contributed by atoms with Crippen molar-refractivity contribution in [3.8, 4) is 5.75 Å². The van der Waals surface area contributed by atoms with Gasteiger partial charge in [0.2, 0.25) is 0 Å². The van der Waals surface area contributed by atoms with E-state index in [4.69, 9.17) is 16.2 Å². The zero-order chi connectivity index (χ0) is 14.5. The van der Waals surface area contributed by atoms with Gasteiger partial charge in [-0.1, -0.05) is 24.3 Å². The molecule has 0 saturated carbocycles. The van der Waals surface area contributed by atoms with Gasteiger partial charge in [0.25, 0.3) is 0 Å². The molecule has 0 aliphatic heterocycles.